The molecule has 1 aliphatic rings. The molecule has 1 unspecified atom stereocenters. The number of aromatic nitrogens is 3. The summed E-state index contributed by atoms with van der Waals surface area (Å²) in [6.07, 6.45) is 3.11. The first-order valence-corrected chi connectivity index (χ1v) is 9.39. The molecule has 1 amide bonds. The molecule has 1 aromatic carbocycles. The fourth-order valence-corrected chi connectivity index (χ4v) is 3.91. The number of carbonyl (C=O) groups is 1. The Bertz CT molecular complexity index is 1050. The average Bonchev–Trinajstić information content (AvgIpc) is 3.12. The number of amides is 1. The molecular formula is C20H22FN5O2. The predicted octanol–water partition coefficient (Wildman–Crippen LogP) is 2.94. The van der Waals surface area contributed by atoms with Crippen molar-refractivity contribution >= 4 is 17.2 Å². The first kappa shape index (κ1) is 18.2. The van der Waals surface area contributed by atoms with E-state index in [1.54, 1.807) is 29.2 Å². The lowest BCUT2D eigenvalue weighted by molar-refractivity contribution is -0.132. The molecule has 7 nitrogen and oxygen atoms in total. The van der Waals surface area contributed by atoms with Gasteiger partial charge in [0.2, 0.25) is 11.9 Å². The van der Waals surface area contributed by atoms with Crippen LogP contribution in [0.3, 0.4) is 0 Å². The van der Waals surface area contributed by atoms with E-state index in [9.17, 15) is 14.3 Å². The lowest BCUT2D eigenvalue weighted by Crippen LogP contribution is -2.39. The number of fused-ring (bicyclic) bond motifs is 1. The summed E-state index contributed by atoms with van der Waals surface area (Å²) in [7, 11) is 0. The Morgan fingerprint density at radius 3 is 2.93 bits per heavy atom. The number of carbonyl (C=O) groups excluding carboxylic acids is 1. The number of halogens is 1. The molecule has 0 bridgehead atoms. The Labute approximate surface area is 161 Å². The van der Waals surface area contributed by atoms with Crippen molar-refractivity contribution in [2.24, 2.45) is 0 Å². The fraction of sp³-hybridized carbons (Fsp3) is 0.350. The highest BCUT2D eigenvalue weighted by Crippen LogP contribution is 2.37. The number of benzene rings is 1. The van der Waals surface area contributed by atoms with Crippen LogP contribution < -0.4 is 5.73 Å². The SMILES string of the molecule is CCC(=O)N1CCCC(c2nc(-c3ccccc3O)c3c(N)ncc(F)n23)C1. The number of anilines is 1. The topological polar surface area (TPSA) is 96.8 Å². The summed E-state index contributed by atoms with van der Waals surface area (Å²) >= 11 is 0. The summed E-state index contributed by atoms with van der Waals surface area (Å²) in [5.74, 6) is 0.0291. The van der Waals surface area contributed by atoms with Gasteiger partial charge < -0.3 is 15.7 Å². The Morgan fingerprint density at radius 2 is 2.18 bits per heavy atom. The quantitative estimate of drug-likeness (QED) is 0.725. The van der Waals surface area contributed by atoms with Crippen molar-refractivity contribution in [1.82, 2.24) is 19.3 Å². The van der Waals surface area contributed by atoms with Crippen LogP contribution in [-0.2, 0) is 4.79 Å². The molecule has 3 aromatic rings. The van der Waals surface area contributed by atoms with Crippen molar-refractivity contribution in [2.75, 3.05) is 18.8 Å². The number of hydrogen-bond donors (Lipinski definition) is 2. The molecule has 2 aromatic heterocycles. The summed E-state index contributed by atoms with van der Waals surface area (Å²) in [5, 5.41) is 10.3. The van der Waals surface area contributed by atoms with Crippen LogP contribution in [0, 0.1) is 5.95 Å². The number of phenolic OH excluding ortho intramolecular Hbond substituents is 1. The molecule has 28 heavy (non-hydrogen) atoms. The molecule has 1 fully saturated rings. The lowest BCUT2D eigenvalue weighted by atomic mass is 9.97. The number of nitrogens with two attached hydrogens (primary N) is 1. The van der Waals surface area contributed by atoms with Gasteiger partial charge in [-0.25, -0.2) is 9.97 Å². The second-order valence-corrected chi connectivity index (χ2v) is 7.02. The van der Waals surface area contributed by atoms with Crippen LogP contribution in [0.15, 0.2) is 30.5 Å². The molecule has 1 atom stereocenters. The van der Waals surface area contributed by atoms with Crippen LogP contribution in [0.5, 0.6) is 5.75 Å². The van der Waals surface area contributed by atoms with Crippen molar-refractivity contribution in [3.05, 3.63) is 42.2 Å². The zero-order valence-electron chi connectivity index (χ0n) is 15.6. The van der Waals surface area contributed by atoms with E-state index < -0.39 is 5.95 Å². The monoisotopic (exact) mass is 383 g/mol. The van der Waals surface area contributed by atoms with E-state index in [2.05, 4.69) is 4.98 Å². The summed E-state index contributed by atoms with van der Waals surface area (Å²) < 4.78 is 16.2. The van der Waals surface area contributed by atoms with Gasteiger partial charge in [0.15, 0.2) is 0 Å². The lowest BCUT2D eigenvalue weighted by Gasteiger charge is -2.32. The zero-order chi connectivity index (χ0) is 19.8. The van der Waals surface area contributed by atoms with Crippen molar-refractivity contribution in [3.8, 4) is 17.0 Å². The smallest absolute Gasteiger partial charge is 0.222 e. The van der Waals surface area contributed by atoms with Crippen LogP contribution in [0.2, 0.25) is 0 Å². The zero-order valence-corrected chi connectivity index (χ0v) is 15.6. The summed E-state index contributed by atoms with van der Waals surface area (Å²) in [5.41, 5.74) is 7.24. The summed E-state index contributed by atoms with van der Waals surface area (Å²) in [6.45, 7) is 3.01. The standard InChI is InChI=1S/C20H22FN5O2/c1-2-16(28)25-9-5-6-12(11-25)20-24-17(13-7-3-4-8-14(13)27)18-19(22)23-10-15(21)26(18)20/h3-4,7-8,10,12,27H,2,5-6,9,11H2,1H3,(H2,22,23). The normalized spacial score (nSPS) is 17.2. The number of phenols is 1. The van der Waals surface area contributed by atoms with Crippen molar-refractivity contribution in [1.29, 1.82) is 0 Å². The van der Waals surface area contributed by atoms with Crippen LogP contribution in [0.25, 0.3) is 16.8 Å². The molecule has 3 N–H and O–H groups in total. The van der Waals surface area contributed by atoms with Gasteiger partial charge in [0.1, 0.15) is 28.6 Å². The molecule has 1 aliphatic heterocycles. The minimum atomic E-state index is -0.577. The third-order valence-corrected chi connectivity index (χ3v) is 5.27. The molecule has 0 radical (unpaired) electrons. The van der Waals surface area contributed by atoms with E-state index in [0.717, 1.165) is 19.0 Å². The number of aromatic hydroxyl groups is 1. The largest absolute Gasteiger partial charge is 0.507 e. The van der Waals surface area contributed by atoms with E-state index in [1.807, 2.05) is 6.92 Å². The third kappa shape index (κ3) is 2.94. The van der Waals surface area contributed by atoms with E-state index in [0.29, 0.717) is 42.1 Å². The van der Waals surface area contributed by atoms with Gasteiger partial charge in [0.25, 0.3) is 0 Å². The number of hydrogen-bond acceptors (Lipinski definition) is 5. The van der Waals surface area contributed by atoms with E-state index >= 15 is 0 Å². The fourth-order valence-electron chi connectivity index (χ4n) is 3.91. The van der Waals surface area contributed by atoms with Gasteiger partial charge >= 0.3 is 0 Å². The Hall–Kier alpha value is -3.16. The van der Waals surface area contributed by atoms with Gasteiger partial charge in [0, 0.05) is 31.0 Å². The van der Waals surface area contributed by atoms with E-state index in [4.69, 9.17) is 10.7 Å². The highest BCUT2D eigenvalue weighted by molar-refractivity contribution is 5.87. The number of rotatable bonds is 3. The maximum Gasteiger partial charge on any atom is 0.222 e. The minimum Gasteiger partial charge on any atom is -0.507 e. The molecule has 146 valence electrons. The molecule has 4 rings (SSSR count). The molecule has 0 saturated carbocycles. The molecule has 0 spiro atoms. The van der Waals surface area contributed by atoms with Crippen LogP contribution in [0.4, 0.5) is 10.2 Å². The number of likely N-dealkylation sites (tertiary alicyclic amines) is 1. The molecule has 8 heteroatoms. The third-order valence-electron chi connectivity index (χ3n) is 5.27. The Balaban J connectivity index is 1.89. The van der Waals surface area contributed by atoms with Crippen molar-refractivity contribution < 1.29 is 14.3 Å². The van der Waals surface area contributed by atoms with Gasteiger partial charge in [-0.05, 0) is 25.0 Å². The number of piperidine rings is 1. The predicted molar refractivity (Wildman–Crippen MR) is 103 cm³/mol. The highest BCUT2D eigenvalue weighted by Gasteiger charge is 2.30. The van der Waals surface area contributed by atoms with E-state index in [1.165, 1.54) is 4.40 Å². The molecular weight excluding hydrogens is 361 g/mol. The second-order valence-electron chi connectivity index (χ2n) is 7.02. The molecule has 1 saturated heterocycles. The number of nitrogens with zero attached hydrogens (tertiary/aromatic N) is 4. The number of nitrogen functional groups attached to an aromatic ring is 1. The van der Waals surface area contributed by atoms with Crippen molar-refractivity contribution in [3.63, 3.8) is 0 Å². The maximum absolute atomic E-state index is 14.8. The Morgan fingerprint density at radius 1 is 1.39 bits per heavy atom. The number of para-hydroxylation sites is 1. The summed E-state index contributed by atoms with van der Waals surface area (Å²) in [4.78, 5) is 22.6. The van der Waals surface area contributed by atoms with Crippen LogP contribution >= 0.6 is 0 Å². The van der Waals surface area contributed by atoms with Crippen molar-refractivity contribution in [2.45, 2.75) is 32.1 Å². The average molecular weight is 383 g/mol. The van der Waals surface area contributed by atoms with Crippen LogP contribution in [-0.4, -0.2) is 43.4 Å². The van der Waals surface area contributed by atoms with E-state index in [-0.39, 0.29) is 23.4 Å². The molecule has 3 heterocycles. The van der Waals surface area contributed by atoms with Gasteiger partial charge in [-0.15, -0.1) is 0 Å². The Kier molecular flexibility index (Phi) is 4.62. The first-order chi connectivity index (χ1) is 13.5. The second kappa shape index (κ2) is 7.10. The van der Waals surface area contributed by atoms with Crippen LogP contribution in [0.1, 0.15) is 37.9 Å². The molecule has 0 aliphatic carbocycles. The maximum atomic E-state index is 14.8. The van der Waals surface area contributed by atoms with Gasteiger partial charge in [-0.2, -0.15) is 4.39 Å². The first-order valence-electron chi connectivity index (χ1n) is 9.39. The minimum absolute atomic E-state index is 0.0316. The van der Waals surface area contributed by atoms with Gasteiger partial charge in [-0.3, -0.25) is 9.20 Å². The van der Waals surface area contributed by atoms with Gasteiger partial charge in [-0.1, -0.05) is 19.1 Å². The van der Waals surface area contributed by atoms with Gasteiger partial charge in [0.05, 0.1) is 6.20 Å². The number of imidazole rings is 1. The summed E-state index contributed by atoms with van der Waals surface area (Å²) in [6, 6.07) is 6.73. The highest BCUT2D eigenvalue weighted by atomic mass is 19.1.